The average Bonchev–Trinajstić information content (AvgIpc) is 2.88. The van der Waals surface area contributed by atoms with E-state index in [1.54, 1.807) is 49.7 Å². The molecule has 7 nitrogen and oxygen atoms in total. The summed E-state index contributed by atoms with van der Waals surface area (Å²) in [4.78, 5) is 39.8. The van der Waals surface area contributed by atoms with Crippen molar-refractivity contribution in [1.82, 2.24) is 4.98 Å². The molecule has 3 rings (SSSR count). The zero-order valence-corrected chi connectivity index (χ0v) is 14.5. The van der Waals surface area contributed by atoms with Crippen molar-refractivity contribution in [1.29, 1.82) is 0 Å². The number of aliphatic carboxylic acids is 1. The van der Waals surface area contributed by atoms with Crippen molar-refractivity contribution < 1.29 is 19.5 Å². The Kier molecular flexibility index (Phi) is 4.30. The summed E-state index contributed by atoms with van der Waals surface area (Å²) < 4.78 is 0. The Labute approximate surface area is 148 Å². The number of carbonyl (C=O) groups excluding carboxylic acids is 2. The average molecular weight is 359 g/mol. The topological polar surface area (TPSA) is 108 Å². The molecule has 2 amide bonds. The number of nitrogens with zero attached hydrogens (tertiary/aromatic N) is 1. The molecule has 1 aliphatic carbocycles. The van der Waals surface area contributed by atoms with Crippen molar-refractivity contribution in [2.24, 2.45) is 17.3 Å². The van der Waals surface area contributed by atoms with Gasteiger partial charge in [0.05, 0.1) is 11.8 Å². The largest absolute Gasteiger partial charge is 0.481 e. The second-order valence-electron chi connectivity index (χ2n) is 6.48. The Hall–Kier alpha value is -2.74. The van der Waals surface area contributed by atoms with E-state index in [2.05, 4.69) is 15.6 Å². The highest BCUT2D eigenvalue weighted by Crippen LogP contribution is 2.58. The minimum absolute atomic E-state index is 0.332. The van der Waals surface area contributed by atoms with Crippen LogP contribution in [0.1, 0.15) is 24.2 Å². The monoisotopic (exact) mass is 359 g/mol. The van der Waals surface area contributed by atoms with E-state index < -0.39 is 23.2 Å². The fourth-order valence-electron chi connectivity index (χ4n) is 3.00. The van der Waals surface area contributed by atoms with Gasteiger partial charge in [-0.15, -0.1) is 11.3 Å². The van der Waals surface area contributed by atoms with E-state index in [4.69, 9.17) is 0 Å². The van der Waals surface area contributed by atoms with Crippen molar-refractivity contribution in [3.8, 4) is 0 Å². The third-order valence-corrected chi connectivity index (χ3v) is 5.11. The quantitative estimate of drug-likeness (QED) is 0.760. The Morgan fingerprint density at radius 2 is 1.96 bits per heavy atom. The van der Waals surface area contributed by atoms with E-state index in [0.29, 0.717) is 16.4 Å². The van der Waals surface area contributed by atoms with Gasteiger partial charge in [0.15, 0.2) is 5.13 Å². The lowest BCUT2D eigenvalue weighted by Gasteiger charge is -2.08. The van der Waals surface area contributed by atoms with Gasteiger partial charge in [-0.2, -0.15) is 0 Å². The van der Waals surface area contributed by atoms with Crippen LogP contribution in [0, 0.1) is 17.3 Å². The molecule has 0 saturated heterocycles. The minimum Gasteiger partial charge on any atom is -0.481 e. The normalized spacial score (nSPS) is 20.6. The highest BCUT2D eigenvalue weighted by atomic mass is 32.1. The van der Waals surface area contributed by atoms with Gasteiger partial charge in [0, 0.05) is 22.8 Å². The summed E-state index contributed by atoms with van der Waals surface area (Å²) in [6, 6.07) is 6.48. The molecule has 1 heterocycles. The number of nitrogens with one attached hydrogen (secondary N) is 2. The highest BCUT2D eigenvalue weighted by molar-refractivity contribution is 7.13. The molecule has 8 heteroatoms. The predicted octanol–water partition coefficient (Wildman–Crippen LogP) is 2.69. The Morgan fingerprint density at radius 1 is 1.20 bits per heavy atom. The molecular weight excluding hydrogens is 342 g/mol. The van der Waals surface area contributed by atoms with Gasteiger partial charge in [0.25, 0.3) is 5.91 Å². The van der Waals surface area contributed by atoms with Crippen molar-refractivity contribution in [3.05, 3.63) is 41.4 Å². The third kappa shape index (κ3) is 3.39. The van der Waals surface area contributed by atoms with E-state index in [0.717, 1.165) is 0 Å². The van der Waals surface area contributed by atoms with Crippen molar-refractivity contribution in [3.63, 3.8) is 0 Å². The van der Waals surface area contributed by atoms with Crippen molar-refractivity contribution in [2.45, 2.75) is 13.8 Å². The molecule has 0 aliphatic heterocycles. The number of thiazole rings is 1. The van der Waals surface area contributed by atoms with Crippen LogP contribution in [0.15, 0.2) is 35.8 Å². The van der Waals surface area contributed by atoms with Crippen LogP contribution in [-0.2, 0) is 9.59 Å². The van der Waals surface area contributed by atoms with E-state index >= 15 is 0 Å². The lowest BCUT2D eigenvalue weighted by Crippen LogP contribution is -2.18. The van der Waals surface area contributed by atoms with Crippen LogP contribution >= 0.6 is 11.3 Å². The molecule has 130 valence electrons. The standard InChI is InChI=1S/C17H17N3O4S/c1-17(2)11(12(17)15(23)24)14(22)19-10-5-3-4-9(8-10)13(21)20-16-18-6-7-25-16/h3-8,11-12H,1-2H3,(H,19,22)(H,23,24)(H,18,20,21). The molecule has 0 spiro atoms. The predicted molar refractivity (Wildman–Crippen MR) is 93.5 cm³/mol. The number of carboxylic acid groups (broad SMARTS) is 1. The number of carboxylic acids is 1. The maximum atomic E-state index is 12.4. The first-order valence-electron chi connectivity index (χ1n) is 7.65. The van der Waals surface area contributed by atoms with E-state index in [1.807, 2.05) is 0 Å². The second kappa shape index (κ2) is 6.29. The summed E-state index contributed by atoms with van der Waals surface area (Å²) in [7, 11) is 0. The van der Waals surface area contributed by atoms with Crippen LogP contribution in [0.25, 0.3) is 0 Å². The minimum atomic E-state index is -0.971. The van der Waals surface area contributed by atoms with Gasteiger partial charge < -0.3 is 10.4 Å². The van der Waals surface area contributed by atoms with Crippen LogP contribution in [0.2, 0.25) is 0 Å². The summed E-state index contributed by atoms with van der Waals surface area (Å²) in [5.41, 5.74) is 0.247. The molecule has 2 aromatic rings. The lowest BCUT2D eigenvalue weighted by atomic mass is 10.1. The first-order valence-corrected chi connectivity index (χ1v) is 8.53. The van der Waals surface area contributed by atoms with Gasteiger partial charge in [-0.25, -0.2) is 4.98 Å². The smallest absolute Gasteiger partial charge is 0.307 e. The van der Waals surface area contributed by atoms with Gasteiger partial charge >= 0.3 is 5.97 Å². The maximum Gasteiger partial charge on any atom is 0.307 e. The number of hydrogen-bond donors (Lipinski definition) is 3. The number of hydrogen-bond acceptors (Lipinski definition) is 5. The number of carbonyl (C=O) groups is 3. The summed E-state index contributed by atoms with van der Waals surface area (Å²) in [5.74, 6) is -2.93. The number of benzene rings is 1. The van der Waals surface area contributed by atoms with E-state index in [1.165, 1.54) is 11.3 Å². The molecular formula is C17H17N3O4S. The zero-order chi connectivity index (χ0) is 18.2. The van der Waals surface area contributed by atoms with E-state index in [9.17, 15) is 19.5 Å². The fraction of sp³-hybridized carbons (Fsp3) is 0.294. The molecule has 1 aromatic carbocycles. The van der Waals surface area contributed by atoms with Gasteiger partial charge in [-0.05, 0) is 23.6 Å². The number of anilines is 2. The Morgan fingerprint density at radius 3 is 2.56 bits per heavy atom. The summed E-state index contributed by atoms with van der Waals surface area (Å²) in [5, 5.41) is 16.8. The SMILES string of the molecule is CC1(C)C(C(=O)O)C1C(=O)Nc1cccc(C(=O)Nc2nccs2)c1. The van der Waals surface area contributed by atoms with Gasteiger partial charge in [-0.3, -0.25) is 19.7 Å². The van der Waals surface area contributed by atoms with E-state index in [-0.39, 0.29) is 11.8 Å². The Bertz CT molecular complexity index is 832. The van der Waals surface area contributed by atoms with Crippen LogP contribution in [-0.4, -0.2) is 27.9 Å². The molecule has 0 radical (unpaired) electrons. The molecule has 2 atom stereocenters. The Balaban J connectivity index is 1.69. The maximum absolute atomic E-state index is 12.4. The van der Waals surface area contributed by atoms with Crippen molar-refractivity contribution >= 4 is 39.9 Å². The molecule has 0 bridgehead atoms. The van der Waals surface area contributed by atoms with Crippen molar-refractivity contribution in [2.75, 3.05) is 10.6 Å². The molecule has 25 heavy (non-hydrogen) atoms. The van der Waals surface area contributed by atoms with Crippen LogP contribution < -0.4 is 10.6 Å². The third-order valence-electron chi connectivity index (χ3n) is 4.42. The summed E-state index contributed by atoms with van der Waals surface area (Å²) >= 11 is 1.31. The molecule has 3 N–H and O–H groups in total. The molecule has 2 unspecified atom stereocenters. The lowest BCUT2D eigenvalue weighted by molar-refractivity contribution is -0.140. The first kappa shape index (κ1) is 17.1. The number of aromatic nitrogens is 1. The van der Waals surface area contributed by atoms with Crippen LogP contribution in [0.5, 0.6) is 0 Å². The number of amides is 2. The van der Waals surface area contributed by atoms with Crippen LogP contribution in [0.3, 0.4) is 0 Å². The second-order valence-corrected chi connectivity index (χ2v) is 7.37. The fourth-order valence-corrected chi connectivity index (χ4v) is 3.52. The first-order chi connectivity index (χ1) is 11.8. The summed E-state index contributed by atoms with van der Waals surface area (Å²) in [6.07, 6.45) is 1.59. The molecule has 1 fully saturated rings. The van der Waals surface area contributed by atoms with Gasteiger partial charge in [-0.1, -0.05) is 19.9 Å². The summed E-state index contributed by atoms with van der Waals surface area (Å²) in [6.45, 7) is 3.52. The van der Waals surface area contributed by atoms with Gasteiger partial charge in [0.1, 0.15) is 0 Å². The molecule has 1 aromatic heterocycles. The molecule has 1 aliphatic rings. The molecule has 1 saturated carbocycles. The number of rotatable bonds is 5. The van der Waals surface area contributed by atoms with Crippen LogP contribution in [0.4, 0.5) is 10.8 Å². The zero-order valence-electron chi connectivity index (χ0n) is 13.6. The highest BCUT2D eigenvalue weighted by Gasteiger charge is 2.65. The van der Waals surface area contributed by atoms with Gasteiger partial charge in [0.2, 0.25) is 5.91 Å².